The van der Waals surface area contributed by atoms with Crippen LogP contribution in [-0.4, -0.2) is 17.5 Å². The fraction of sp³-hybridized carbons (Fsp3) is 0.353. The number of hydrogen-bond donors (Lipinski definition) is 0. The van der Waals surface area contributed by atoms with E-state index in [1.807, 2.05) is 24.4 Å². The molecule has 0 amide bonds. The lowest BCUT2D eigenvalue weighted by molar-refractivity contribution is 0.0982. The van der Waals surface area contributed by atoms with Gasteiger partial charge in [-0.15, -0.1) is 0 Å². The van der Waals surface area contributed by atoms with Gasteiger partial charge in [-0.05, 0) is 43.0 Å². The summed E-state index contributed by atoms with van der Waals surface area (Å²) in [5.41, 5.74) is 3.06. The normalized spacial score (nSPS) is 14.7. The molecule has 0 N–H and O–H groups in total. The van der Waals surface area contributed by atoms with Crippen molar-refractivity contribution in [3.8, 4) is 5.75 Å². The molecule has 0 spiro atoms. The summed E-state index contributed by atoms with van der Waals surface area (Å²) in [4.78, 5) is 12.1. The topological polar surface area (TPSA) is 31.2 Å². The van der Waals surface area contributed by atoms with Gasteiger partial charge in [0.25, 0.3) is 0 Å². The average Bonchev–Trinajstić information content (AvgIpc) is 2.79. The Hall–Kier alpha value is -1.74. The van der Waals surface area contributed by atoms with Crippen molar-refractivity contribution in [2.75, 3.05) is 7.11 Å². The van der Waals surface area contributed by atoms with Gasteiger partial charge in [-0.25, -0.2) is 0 Å². The van der Waals surface area contributed by atoms with Crippen LogP contribution < -0.4 is 4.74 Å². The van der Waals surface area contributed by atoms with Crippen molar-refractivity contribution in [3.63, 3.8) is 0 Å². The number of nitrogens with zero attached hydrogens (tertiary/aromatic N) is 1. The Kier molecular flexibility index (Phi) is 4.02. The molecule has 0 atom stereocenters. The Morgan fingerprint density at radius 1 is 1.24 bits per heavy atom. The third-order valence-electron chi connectivity index (χ3n) is 3.96. The van der Waals surface area contributed by atoms with Gasteiger partial charge in [-0.1, -0.05) is 11.6 Å². The smallest absolute Gasteiger partial charge is 0.164 e. The maximum Gasteiger partial charge on any atom is 0.164 e. The summed E-state index contributed by atoms with van der Waals surface area (Å²) >= 11 is 6.07. The summed E-state index contributed by atoms with van der Waals surface area (Å²) in [6.45, 7) is 0.657. The molecule has 0 saturated carbocycles. The minimum Gasteiger partial charge on any atom is -0.496 e. The van der Waals surface area contributed by atoms with Crippen LogP contribution in [0.15, 0.2) is 30.6 Å². The Bertz CT molecular complexity index is 675. The molecule has 0 saturated heterocycles. The minimum atomic E-state index is 0.263. The van der Waals surface area contributed by atoms with Gasteiger partial charge in [0.1, 0.15) is 5.75 Å². The summed E-state index contributed by atoms with van der Waals surface area (Å²) in [6, 6.07) is 5.60. The average molecular weight is 304 g/mol. The Balaban J connectivity index is 1.91. The maximum atomic E-state index is 12.1. The molecule has 1 aromatic heterocycles. The summed E-state index contributed by atoms with van der Waals surface area (Å²) in [7, 11) is 1.65. The summed E-state index contributed by atoms with van der Waals surface area (Å²) in [6.07, 6.45) is 7.78. The number of benzene rings is 1. The fourth-order valence-electron chi connectivity index (χ4n) is 2.90. The number of aryl methyl sites for hydroxylation is 1. The van der Waals surface area contributed by atoms with Crippen molar-refractivity contribution in [2.45, 2.75) is 32.2 Å². The number of hydrogen-bond acceptors (Lipinski definition) is 2. The molecule has 4 heteroatoms. The lowest BCUT2D eigenvalue weighted by Gasteiger charge is -2.10. The molecule has 1 aliphatic carbocycles. The molecule has 3 rings (SSSR count). The second-order valence-electron chi connectivity index (χ2n) is 5.46. The van der Waals surface area contributed by atoms with Gasteiger partial charge < -0.3 is 9.30 Å². The van der Waals surface area contributed by atoms with Gasteiger partial charge >= 0.3 is 0 Å². The first-order valence-electron chi connectivity index (χ1n) is 7.21. The van der Waals surface area contributed by atoms with Crippen LogP contribution >= 0.6 is 11.6 Å². The highest BCUT2D eigenvalue weighted by Gasteiger charge is 2.18. The van der Waals surface area contributed by atoms with E-state index in [0.717, 1.165) is 36.1 Å². The molecule has 3 nitrogen and oxygen atoms in total. The van der Waals surface area contributed by atoms with E-state index in [9.17, 15) is 4.79 Å². The summed E-state index contributed by atoms with van der Waals surface area (Å²) in [5, 5.41) is 0.690. The molecular weight excluding hydrogens is 286 g/mol. The van der Waals surface area contributed by atoms with Crippen molar-refractivity contribution < 1.29 is 9.53 Å². The summed E-state index contributed by atoms with van der Waals surface area (Å²) in [5.74, 6) is 1.08. The Labute approximate surface area is 129 Å². The molecule has 1 heterocycles. The number of halogens is 1. The monoisotopic (exact) mass is 303 g/mol. The van der Waals surface area contributed by atoms with Crippen LogP contribution in [0.3, 0.4) is 0 Å². The van der Waals surface area contributed by atoms with Gasteiger partial charge in [-0.3, -0.25) is 4.79 Å². The number of aromatic nitrogens is 1. The van der Waals surface area contributed by atoms with Crippen molar-refractivity contribution in [3.05, 3.63) is 52.3 Å². The zero-order chi connectivity index (χ0) is 14.8. The van der Waals surface area contributed by atoms with Crippen LogP contribution in [0.2, 0.25) is 5.02 Å². The number of ketones is 1. The largest absolute Gasteiger partial charge is 0.496 e. The van der Waals surface area contributed by atoms with Crippen LogP contribution in [0, 0.1) is 0 Å². The van der Waals surface area contributed by atoms with E-state index in [1.165, 1.54) is 5.56 Å². The first-order valence-corrected chi connectivity index (χ1v) is 7.59. The van der Waals surface area contributed by atoms with E-state index in [2.05, 4.69) is 10.8 Å². The number of carbonyl (C=O) groups is 1. The van der Waals surface area contributed by atoms with E-state index in [0.29, 0.717) is 18.0 Å². The third kappa shape index (κ3) is 2.98. The van der Waals surface area contributed by atoms with Crippen molar-refractivity contribution >= 4 is 17.4 Å². The highest BCUT2D eigenvalue weighted by Crippen LogP contribution is 2.26. The van der Waals surface area contributed by atoms with Crippen LogP contribution in [0.25, 0.3) is 0 Å². The third-order valence-corrected chi connectivity index (χ3v) is 4.19. The number of methoxy groups -OCH3 is 1. The highest BCUT2D eigenvalue weighted by atomic mass is 35.5. The van der Waals surface area contributed by atoms with Crippen molar-refractivity contribution in [1.82, 2.24) is 4.57 Å². The second kappa shape index (κ2) is 5.94. The van der Waals surface area contributed by atoms with Gasteiger partial charge in [0.15, 0.2) is 5.78 Å². The molecular formula is C17H18ClNO2. The molecule has 1 aliphatic rings. The fourth-order valence-corrected chi connectivity index (χ4v) is 3.10. The number of fused-ring (bicyclic) bond motifs is 1. The van der Waals surface area contributed by atoms with Crippen LogP contribution in [-0.2, 0) is 13.0 Å². The van der Waals surface area contributed by atoms with Gasteiger partial charge in [0.2, 0.25) is 0 Å². The lowest BCUT2D eigenvalue weighted by atomic mass is 10.1. The zero-order valence-corrected chi connectivity index (χ0v) is 12.8. The van der Waals surface area contributed by atoms with E-state index in [1.54, 1.807) is 7.11 Å². The second-order valence-corrected chi connectivity index (χ2v) is 5.89. The number of Topliss-reactive ketones (excluding diaryl/α,β-unsaturated/α-hetero) is 1. The molecule has 1 aromatic carbocycles. The predicted molar refractivity (Wildman–Crippen MR) is 83.4 cm³/mol. The van der Waals surface area contributed by atoms with Crippen LogP contribution in [0.1, 0.15) is 40.7 Å². The van der Waals surface area contributed by atoms with Gasteiger partial charge in [0.05, 0.1) is 13.7 Å². The molecule has 21 heavy (non-hydrogen) atoms. The molecule has 0 bridgehead atoms. The first-order chi connectivity index (χ1) is 10.2. The summed E-state index contributed by atoms with van der Waals surface area (Å²) < 4.78 is 7.43. The van der Waals surface area contributed by atoms with Crippen molar-refractivity contribution in [2.24, 2.45) is 0 Å². The van der Waals surface area contributed by atoms with E-state index >= 15 is 0 Å². The van der Waals surface area contributed by atoms with Gasteiger partial charge in [-0.2, -0.15) is 0 Å². The van der Waals surface area contributed by atoms with Crippen LogP contribution in [0.5, 0.6) is 5.75 Å². The lowest BCUT2D eigenvalue weighted by Crippen LogP contribution is -2.01. The predicted octanol–water partition coefficient (Wildman–Crippen LogP) is 4.11. The Morgan fingerprint density at radius 2 is 2.05 bits per heavy atom. The molecule has 0 radical (unpaired) electrons. The highest BCUT2D eigenvalue weighted by molar-refractivity contribution is 6.30. The quantitative estimate of drug-likeness (QED) is 0.799. The molecule has 0 unspecified atom stereocenters. The Morgan fingerprint density at radius 3 is 2.86 bits per heavy atom. The molecule has 110 valence electrons. The number of ether oxygens (including phenoxy) is 1. The zero-order valence-electron chi connectivity index (χ0n) is 12.1. The number of rotatable bonds is 3. The molecule has 0 fully saturated rings. The van der Waals surface area contributed by atoms with Crippen LogP contribution in [0.4, 0.5) is 0 Å². The van der Waals surface area contributed by atoms with Gasteiger partial charge in [0, 0.05) is 35.0 Å². The van der Waals surface area contributed by atoms with E-state index in [-0.39, 0.29) is 5.78 Å². The first kappa shape index (κ1) is 14.2. The van der Waals surface area contributed by atoms with E-state index in [4.69, 9.17) is 16.3 Å². The molecule has 2 aromatic rings. The minimum absolute atomic E-state index is 0.263. The standard InChI is InChI=1S/C17H18ClNO2/c1-21-17-7-6-14(18)8-13(17)10-19-9-12-4-2-3-5-16(20)15(12)11-19/h6-9,11H,2-5,10H2,1H3. The maximum absolute atomic E-state index is 12.1. The van der Waals surface area contributed by atoms with E-state index < -0.39 is 0 Å². The number of carbonyl (C=O) groups excluding carboxylic acids is 1. The molecule has 0 aliphatic heterocycles. The SMILES string of the molecule is COc1ccc(Cl)cc1Cn1cc2c(c1)C(=O)CCCC2. The van der Waals surface area contributed by atoms with Crippen molar-refractivity contribution in [1.29, 1.82) is 0 Å².